The number of ether oxygens (including phenoxy) is 3. The van der Waals surface area contributed by atoms with Crippen molar-refractivity contribution in [1.29, 1.82) is 0 Å². The Morgan fingerprint density at radius 1 is 0.543 bits per heavy atom. The van der Waals surface area contributed by atoms with E-state index in [1.54, 1.807) is 0 Å². The molecule has 0 spiro atoms. The van der Waals surface area contributed by atoms with Crippen LogP contribution in [-0.4, -0.2) is 53.8 Å². The van der Waals surface area contributed by atoms with Gasteiger partial charge in [0.05, 0.1) is 40.6 Å². The molecule has 0 aromatic rings. The minimum Gasteiger partial charge on any atom is -0.379 e. The van der Waals surface area contributed by atoms with Crippen molar-refractivity contribution in [1.82, 2.24) is 0 Å². The molecular weight excluding hydrogens is 464 g/mol. The second kappa shape index (κ2) is 12.4. The third-order valence-corrected chi connectivity index (χ3v) is 21.5. The Bertz CT molecular complexity index is 564. The third kappa shape index (κ3) is 9.23. The smallest absolute Gasteiger partial charge is 0.0923 e. The predicted octanol–water partition coefficient (Wildman–Crippen LogP) is 9.46. The van der Waals surface area contributed by atoms with Crippen LogP contribution in [-0.2, 0) is 14.2 Å². The molecule has 2 aliphatic carbocycles. The van der Waals surface area contributed by atoms with E-state index in [1.807, 2.05) is 0 Å². The highest BCUT2D eigenvalue weighted by molar-refractivity contribution is 6.80. The summed E-state index contributed by atoms with van der Waals surface area (Å²) in [5, 5.41) is 0.840. The zero-order valence-electron chi connectivity index (χ0n) is 25.5. The van der Waals surface area contributed by atoms with Crippen LogP contribution in [0.2, 0.25) is 48.4 Å². The van der Waals surface area contributed by atoms with Gasteiger partial charge in [-0.05, 0) is 47.8 Å². The van der Waals surface area contributed by atoms with Crippen molar-refractivity contribution >= 4 is 16.1 Å². The first kappa shape index (κ1) is 31.5. The first-order chi connectivity index (χ1) is 16.0. The minimum absolute atomic E-state index is 0.105. The molecule has 0 radical (unpaired) electrons. The van der Waals surface area contributed by atoms with Crippen molar-refractivity contribution in [3.63, 3.8) is 0 Å². The molecule has 0 aliphatic heterocycles. The van der Waals surface area contributed by atoms with Crippen molar-refractivity contribution in [2.75, 3.05) is 26.4 Å². The van der Waals surface area contributed by atoms with Crippen LogP contribution in [0.4, 0.5) is 0 Å². The minimum atomic E-state index is -1.31. The highest BCUT2D eigenvalue weighted by atomic mass is 28.3. The average molecular weight is 527 g/mol. The van der Waals surface area contributed by atoms with Gasteiger partial charge in [-0.15, -0.1) is 0 Å². The molecule has 0 atom stereocenters. The Kier molecular flexibility index (Phi) is 11.2. The van der Waals surface area contributed by atoms with Crippen LogP contribution in [0, 0.1) is 0 Å². The van der Waals surface area contributed by atoms with Crippen LogP contribution in [0.25, 0.3) is 0 Å². The van der Waals surface area contributed by atoms with Crippen LogP contribution in [0.3, 0.4) is 0 Å². The Morgan fingerprint density at radius 3 is 1.14 bits per heavy atom. The molecule has 0 aromatic carbocycles. The maximum atomic E-state index is 7.28. The predicted molar refractivity (Wildman–Crippen MR) is 158 cm³/mol. The zero-order chi connectivity index (χ0) is 26.4. The maximum Gasteiger partial charge on any atom is 0.0923 e. The van der Waals surface area contributed by atoms with Crippen LogP contribution in [0.1, 0.15) is 106 Å². The summed E-state index contributed by atoms with van der Waals surface area (Å²) in [7, 11) is -2.61. The standard InChI is InChI=1S/C30H62O3Si2/c1-27(2,3)34(7,8)23-21-31-25-29(17-13-11-14-18-29)33-30(19-15-12-16-20-30)26-32-22-24-35(9,10)28(4,5)6/h11-26H2,1-10H3. The first-order valence-electron chi connectivity index (χ1n) is 14.9. The molecule has 0 bridgehead atoms. The van der Waals surface area contributed by atoms with Crippen molar-refractivity contribution in [2.45, 2.75) is 165 Å². The summed E-state index contributed by atoms with van der Waals surface area (Å²) in [6, 6.07) is 2.46. The lowest BCUT2D eigenvalue weighted by atomic mass is 9.81. The fraction of sp³-hybridized carbons (Fsp3) is 1.00. The second-order valence-corrected chi connectivity index (χ2v) is 27.0. The Balaban J connectivity index is 2.00. The molecule has 2 aliphatic rings. The summed E-state index contributed by atoms with van der Waals surface area (Å²) < 4.78 is 20.2. The molecule has 0 unspecified atom stereocenters. The van der Waals surface area contributed by atoms with Gasteiger partial charge in [0.15, 0.2) is 0 Å². The quantitative estimate of drug-likeness (QED) is 0.187. The average Bonchev–Trinajstić information content (AvgIpc) is 2.74. The fourth-order valence-electron chi connectivity index (χ4n) is 5.32. The summed E-state index contributed by atoms with van der Waals surface area (Å²) in [6.07, 6.45) is 12.4. The van der Waals surface area contributed by atoms with Gasteiger partial charge < -0.3 is 14.2 Å². The van der Waals surface area contributed by atoms with Gasteiger partial charge >= 0.3 is 0 Å². The van der Waals surface area contributed by atoms with E-state index < -0.39 is 16.1 Å². The van der Waals surface area contributed by atoms with E-state index in [0.717, 1.165) is 52.1 Å². The Morgan fingerprint density at radius 2 is 0.857 bits per heavy atom. The van der Waals surface area contributed by atoms with E-state index in [9.17, 15) is 0 Å². The van der Waals surface area contributed by atoms with Crippen molar-refractivity contribution in [2.24, 2.45) is 0 Å². The van der Waals surface area contributed by atoms with Gasteiger partial charge in [0.2, 0.25) is 0 Å². The van der Waals surface area contributed by atoms with Crippen molar-refractivity contribution in [3.8, 4) is 0 Å². The van der Waals surface area contributed by atoms with Gasteiger partial charge in [-0.1, -0.05) is 106 Å². The normalized spacial score (nSPS) is 21.8. The molecule has 0 heterocycles. The summed E-state index contributed by atoms with van der Waals surface area (Å²) in [6.45, 7) is 27.8. The molecule has 3 nitrogen and oxygen atoms in total. The van der Waals surface area contributed by atoms with Gasteiger partial charge in [0.25, 0.3) is 0 Å². The largest absolute Gasteiger partial charge is 0.379 e. The molecule has 0 amide bonds. The number of rotatable bonds is 12. The highest BCUT2D eigenvalue weighted by Gasteiger charge is 2.44. The maximum absolute atomic E-state index is 7.28. The lowest BCUT2D eigenvalue weighted by Crippen LogP contribution is -2.52. The molecular formula is C30H62O3Si2. The van der Waals surface area contributed by atoms with E-state index in [0.29, 0.717) is 10.1 Å². The fourth-order valence-corrected chi connectivity index (χ4v) is 8.13. The van der Waals surface area contributed by atoms with Crippen molar-refractivity contribution < 1.29 is 14.2 Å². The van der Waals surface area contributed by atoms with E-state index >= 15 is 0 Å². The summed E-state index contributed by atoms with van der Waals surface area (Å²) in [5.74, 6) is 0. The molecule has 2 rings (SSSR count). The first-order valence-corrected chi connectivity index (χ1v) is 21.3. The van der Waals surface area contributed by atoms with E-state index in [-0.39, 0.29) is 11.2 Å². The third-order valence-electron chi connectivity index (χ3n) is 10.5. The summed E-state index contributed by atoms with van der Waals surface area (Å²) in [4.78, 5) is 0. The highest BCUT2D eigenvalue weighted by Crippen LogP contribution is 2.43. The molecule has 208 valence electrons. The van der Waals surface area contributed by atoms with Crippen LogP contribution < -0.4 is 0 Å². The van der Waals surface area contributed by atoms with E-state index in [1.165, 1.54) is 50.6 Å². The molecule has 0 N–H and O–H groups in total. The number of hydrogen-bond donors (Lipinski definition) is 0. The van der Waals surface area contributed by atoms with Crippen LogP contribution in [0.15, 0.2) is 0 Å². The van der Waals surface area contributed by atoms with Gasteiger partial charge in [0.1, 0.15) is 0 Å². The van der Waals surface area contributed by atoms with Gasteiger partial charge in [-0.2, -0.15) is 0 Å². The Labute approximate surface area is 221 Å². The Hall–Kier alpha value is 0.314. The topological polar surface area (TPSA) is 27.7 Å². The molecule has 0 saturated heterocycles. The lowest BCUT2D eigenvalue weighted by Gasteiger charge is -2.47. The SMILES string of the molecule is CC(C)(C)[Si](C)(C)CCOCC1(OC2(COCC[Si](C)(C)C(C)(C)C)CCCCC2)CCCCC1. The van der Waals surface area contributed by atoms with E-state index in [4.69, 9.17) is 14.2 Å². The molecule has 35 heavy (non-hydrogen) atoms. The monoisotopic (exact) mass is 526 g/mol. The molecule has 2 fully saturated rings. The molecule has 2 saturated carbocycles. The number of hydrogen-bond acceptors (Lipinski definition) is 3. The van der Waals surface area contributed by atoms with Gasteiger partial charge in [0, 0.05) is 13.2 Å². The lowest BCUT2D eigenvalue weighted by molar-refractivity contribution is -0.222. The molecule has 0 aromatic heterocycles. The van der Waals surface area contributed by atoms with Crippen LogP contribution in [0.5, 0.6) is 0 Å². The zero-order valence-corrected chi connectivity index (χ0v) is 27.5. The van der Waals surface area contributed by atoms with Crippen LogP contribution >= 0.6 is 0 Å². The summed E-state index contributed by atoms with van der Waals surface area (Å²) >= 11 is 0. The summed E-state index contributed by atoms with van der Waals surface area (Å²) in [5.41, 5.74) is -0.211. The van der Waals surface area contributed by atoms with Crippen molar-refractivity contribution in [3.05, 3.63) is 0 Å². The van der Waals surface area contributed by atoms with Gasteiger partial charge in [-0.25, -0.2) is 0 Å². The molecule has 5 heteroatoms. The second-order valence-electron chi connectivity index (χ2n) is 15.5. The van der Waals surface area contributed by atoms with Gasteiger partial charge in [-0.3, -0.25) is 0 Å². The van der Waals surface area contributed by atoms with E-state index in [2.05, 4.69) is 67.7 Å².